The first-order valence-corrected chi connectivity index (χ1v) is 6.07. The van der Waals surface area contributed by atoms with Crippen LogP contribution in [0, 0.1) is 6.92 Å². The van der Waals surface area contributed by atoms with Crippen molar-refractivity contribution in [2.45, 2.75) is 6.92 Å². The maximum atomic E-state index is 5.93. The van der Waals surface area contributed by atoms with Gasteiger partial charge in [-0.2, -0.15) is 0 Å². The molecule has 0 saturated carbocycles. The predicted octanol–water partition coefficient (Wildman–Crippen LogP) is 4.52. The Bertz CT molecular complexity index is 454. The highest BCUT2D eigenvalue weighted by Gasteiger charge is 2.06. The van der Waals surface area contributed by atoms with Crippen LogP contribution < -0.4 is 0 Å². The number of hydrogen-bond donors (Lipinski definition) is 0. The van der Waals surface area contributed by atoms with Gasteiger partial charge in [-0.1, -0.05) is 23.2 Å². The van der Waals surface area contributed by atoms with E-state index < -0.39 is 0 Å². The van der Waals surface area contributed by atoms with E-state index in [9.17, 15) is 0 Å². The van der Waals surface area contributed by atoms with Gasteiger partial charge in [-0.05, 0) is 47.1 Å². The van der Waals surface area contributed by atoms with Crippen LogP contribution in [-0.2, 0) is 0 Å². The Morgan fingerprint density at radius 3 is 2.19 bits per heavy atom. The Morgan fingerprint density at radius 2 is 1.62 bits per heavy atom. The maximum Gasteiger partial charge on any atom is 0.160 e. The lowest BCUT2D eigenvalue weighted by atomic mass is 10.2. The molecule has 0 fully saturated rings. The molecular weight excluding hydrogens is 311 g/mol. The molecule has 16 heavy (non-hydrogen) atoms. The molecule has 0 aliphatic carbocycles. The lowest BCUT2D eigenvalue weighted by Crippen LogP contribution is -1.92. The molecule has 0 amide bonds. The lowest BCUT2D eigenvalue weighted by molar-refractivity contribution is 1.09. The van der Waals surface area contributed by atoms with Crippen LogP contribution in [0.25, 0.3) is 11.4 Å². The van der Waals surface area contributed by atoms with Gasteiger partial charge in [-0.15, -0.1) is 0 Å². The summed E-state index contributed by atoms with van der Waals surface area (Å²) in [5.74, 6) is 0.608. The topological polar surface area (TPSA) is 25.8 Å². The fraction of sp³-hybridized carbons (Fsp3) is 0.0909. The lowest BCUT2D eigenvalue weighted by Gasteiger charge is -2.03. The van der Waals surface area contributed by atoms with Crippen molar-refractivity contribution in [2.24, 2.45) is 0 Å². The SMILES string of the molecule is Cc1cc(Br)nc(-c2cc(Cl)cc(Cl)c2)n1. The zero-order valence-corrected chi connectivity index (χ0v) is 11.4. The second-order valence-electron chi connectivity index (χ2n) is 3.31. The predicted molar refractivity (Wildman–Crippen MR) is 69.9 cm³/mol. The molecule has 0 atom stereocenters. The van der Waals surface area contributed by atoms with Crippen LogP contribution in [0.15, 0.2) is 28.9 Å². The van der Waals surface area contributed by atoms with E-state index in [0.717, 1.165) is 15.9 Å². The molecule has 0 aliphatic heterocycles. The number of hydrogen-bond acceptors (Lipinski definition) is 2. The second-order valence-corrected chi connectivity index (χ2v) is 5.00. The largest absolute Gasteiger partial charge is 0.233 e. The number of rotatable bonds is 1. The third kappa shape index (κ3) is 2.73. The van der Waals surface area contributed by atoms with Gasteiger partial charge in [-0.3, -0.25) is 0 Å². The minimum atomic E-state index is 0.573. The van der Waals surface area contributed by atoms with Crippen molar-refractivity contribution >= 4 is 39.1 Å². The number of aromatic nitrogens is 2. The molecule has 2 aromatic rings. The van der Waals surface area contributed by atoms with E-state index in [-0.39, 0.29) is 0 Å². The van der Waals surface area contributed by atoms with Crippen molar-refractivity contribution in [1.82, 2.24) is 9.97 Å². The molecular formula is C11H7BrCl2N2. The van der Waals surface area contributed by atoms with Gasteiger partial charge in [-0.25, -0.2) is 9.97 Å². The second kappa shape index (κ2) is 4.70. The molecule has 0 spiro atoms. The van der Waals surface area contributed by atoms with Crippen LogP contribution in [0.3, 0.4) is 0 Å². The highest BCUT2D eigenvalue weighted by Crippen LogP contribution is 2.25. The Morgan fingerprint density at radius 1 is 1.00 bits per heavy atom. The maximum absolute atomic E-state index is 5.93. The van der Waals surface area contributed by atoms with Gasteiger partial charge in [0.05, 0.1) is 0 Å². The van der Waals surface area contributed by atoms with E-state index in [0.29, 0.717) is 15.9 Å². The third-order valence-corrected chi connectivity index (χ3v) is 2.79. The summed E-state index contributed by atoms with van der Waals surface area (Å²) in [5.41, 5.74) is 1.69. The van der Waals surface area contributed by atoms with Gasteiger partial charge >= 0.3 is 0 Å². The molecule has 2 nitrogen and oxygen atoms in total. The number of halogens is 3. The molecule has 1 heterocycles. The highest BCUT2D eigenvalue weighted by atomic mass is 79.9. The summed E-state index contributed by atoms with van der Waals surface area (Å²) in [5, 5.41) is 1.15. The molecule has 2 rings (SSSR count). The van der Waals surface area contributed by atoms with E-state index in [1.54, 1.807) is 18.2 Å². The zero-order chi connectivity index (χ0) is 11.7. The van der Waals surface area contributed by atoms with Crippen molar-refractivity contribution in [3.05, 3.63) is 44.6 Å². The molecule has 0 saturated heterocycles. The normalized spacial score (nSPS) is 10.5. The molecule has 0 bridgehead atoms. The van der Waals surface area contributed by atoms with Crippen LogP contribution in [0.5, 0.6) is 0 Å². The van der Waals surface area contributed by atoms with Gasteiger partial charge in [0.15, 0.2) is 5.82 Å². The van der Waals surface area contributed by atoms with Crippen molar-refractivity contribution in [1.29, 1.82) is 0 Å². The first kappa shape index (κ1) is 11.8. The van der Waals surface area contributed by atoms with E-state index in [1.165, 1.54) is 0 Å². The fourth-order valence-electron chi connectivity index (χ4n) is 1.34. The van der Waals surface area contributed by atoms with E-state index in [4.69, 9.17) is 23.2 Å². The van der Waals surface area contributed by atoms with Crippen molar-refractivity contribution in [3.8, 4) is 11.4 Å². The molecule has 1 aromatic heterocycles. The van der Waals surface area contributed by atoms with Crippen molar-refractivity contribution < 1.29 is 0 Å². The first-order chi connectivity index (χ1) is 7.54. The highest BCUT2D eigenvalue weighted by molar-refractivity contribution is 9.10. The Kier molecular flexibility index (Phi) is 3.47. The molecule has 1 aromatic carbocycles. The van der Waals surface area contributed by atoms with Crippen molar-refractivity contribution in [3.63, 3.8) is 0 Å². The Balaban J connectivity index is 2.57. The smallest absolute Gasteiger partial charge is 0.160 e. The molecule has 0 aliphatic rings. The fourth-order valence-corrected chi connectivity index (χ4v) is 2.37. The number of nitrogens with zero attached hydrogens (tertiary/aromatic N) is 2. The monoisotopic (exact) mass is 316 g/mol. The Hall–Kier alpha value is -0.640. The van der Waals surface area contributed by atoms with E-state index in [2.05, 4.69) is 25.9 Å². The van der Waals surface area contributed by atoms with Gasteiger partial charge in [0, 0.05) is 21.3 Å². The van der Waals surface area contributed by atoms with Crippen LogP contribution >= 0.6 is 39.1 Å². The molecule has 0 radical (unpaired) electrons. The van der Waals surface area contributed by atoms with E-state index in [1.807, 2.05) is 13.0 Å². The van der Waals surface area contributed by atoms with Crippen LogP contribution in [-0.4, -0.2) is 9.97 Å². The van der Waals surface area contributed by atoms with E-state index >= 15 is 0 Å². The average molecular weight is 318 g/mol. The molecule has 0 N–H and O–H groups in total. The first-order valence-electron chi connectivity index (χ1n) is 4.52. The quantitative estimate of drug-likeness (QED) is 0.723. The average Bonchev–Trinajstić information content (AvgIpc) is 2.14. The number of benzene rings is 1. The van der Waals surface area contributed by atoms with Crippen LogP contribution in [0.4, 0.5) is 0 Å². The summed E-state index contributed by atoms with van der Waals surface area (Å²) in [6, 6.07) is 7.09. The van der Waals surface area contributed by atoms with Crippen LogP contribution in [0.2, 0.25) is 10.0 Å². The minimum absolute atomic E-state index is 0.573. The third-order valence-electron chi connectivity index (χ3n) is 1.94. The minimum Gasteiger partial charge on any atom is -0.233 e. The Labute approximate surface area is 112 Å². The summed E-state index contributed by atoms with van der Waals surface area (Å²) < 4.78 is 0.742. The standard InChI is InChI=1S/C11H7BrCl2N2/c1-6-2-10(12)16-11(15-6)7-3-8(13)5-9(14)4-7/h2-5H,1H3. The van der Waals surface area contributed by atoms with Crippen molar-refractivity contribution in [2.75, 3.05) is 0 Å². The summed E-state index contributed by atoms with van der Waals surface area (Å²) in [7, 11) is 0. The molecule has 5 heteroatoms. The molecule has 82 valence electrons. The zero-order valence-electron chi connectivity index (χ0n) is 8.34. The number of aryl methyl sites for hydroxylation is 1. The summed E-state index contributed by atoms with van der Waals surface area (Å²) in [6.45, 7) is 1.90. The summed E-state index contributed by atoms with van der Waals surface area (Å²) >= 11 is 15.2. The van der Waals surface area contributed by atoms with Gasteiger partial charge in [0.2, 0.25) is 0 Å². The summed E-state index contributed by atoms with van der Waals surface area (Å²) in [6.07, 6.45) is 0. The molecule has 0 unspecified atom stereocenters. The van der Waals surface area contributed by atoms with Gasteiger partial charge in [0.1, 0.15) is 4.60 Å². The van der Waals surface area contributed by atoms with Gasteiger partial charge < -0.3 is 0 Å². The summed E-state index contributed by atoms with van der Waals surface area (Å²) in [4.78, 5) is 8.60. The van der Waals surface area contributed by atoms with Crippen LogP contribution in [0.1, 0.15) is 5.69 Å². The van der Waals surface area contributed by atoms with Gasteiger partial charge in [0.25, 0.3) is 0 Å².